The van der Waals surface area contributed by atoms with Gasteiger partial charge in [0.2, 0.25) is 0 Å². The van der Waals surface area contributed by atoms with Gasteiger partial charge in [0.25, 0.3) is 0 Å². The summed E-state index contributed by atoms with van der Waals surface area (Å²) in [5.41, 5.74) is 1.46. The smallest absolute Gasteiger partial charge is 0.310 e. The average Bonchev–Trinajstić information content (AvgIpc) is 2.89. The molecule has 0 saturated heterocycles. The number of carboxylic acid groups (broad SMARTS) is 1. The molecule has 1 aliphatic carbocycles. The van der Waals surface area contributed by atoms with E-state index in [4.69, 9.17) is 0 Å². The number of benzene rings is 1. The highest BCUT2D eigenvalue weighted by Crippen LogP contribution is 2.34. The van der Waals surface area contributed by atoms with Gasteiger partial charge in [-0.25, -0.2) is 0 Å². The van der Waals surface area contributed by atoms with Crippen molar-refractivity contribution in [3.8, 4) is 0 Å². The van der Waals surface area contributed by atoms with Crippen LogP contribution in [0.15, 0.2) is 24.3 Å². The van der Waals surface area contributed by atoms with Crippen LogP contribution >= 0.6 is 0 Å². The Morgan fingerprint density at radius 2 is 1.90 bits per heavy atom. The number of hydrogen-bond acceptors (Lipinski definition) is 3. The first-order valence-electron chi connectivity index (χ1n) is 6.94. The lowest BCUT2D eigenvalue weighted by molar-refractivity contribution is -0.139. The fourth-order valence-corrected chi connectivity index (χ4v) is 3.41. The lowest BCUT2D eigenvalue weighted by Gasteiger charge is -2.17. The standard InChI is InChI=1S/C15H20O4S/c16-15(17)14(9-11-3-1-2-4-11)13-7-5-12(6-8-13)10-20(18)19/h5-8,11,14H,1-4,9-10H2,(H,16,17)(H,18,19)/p-1. The molecule has 20 heavy (non-hydrogen) atoms. The van der Waals surface area contributed by atoms with E-state index in [1.165, 1.54) is 12.8 Å². The molecule has 0 bridgehead atoms. The van der Waals surface area contributed by atoms with Crippen LogP contribution in [0.25, 0.3) is 0 Å². The van der Waals surface area contributed by atoms with Crippen LogP contribution in [0.1, 0.15) is 49.1 Å². The van der Waals surface area contributed by atoms with E-state index in [1.807, 2.05) is 0 Å². The molecule has 2 atom stereocenters. The fraction of sp³-hybridized carbons (Fsp3) is 0.533. The summed E-state index contributed by atoms with van der Waals surface area (Å²) in [6.45, 7) is 0. The molecule has 2 rings (SSSR count). The summed E-state index contributed by atoms with van der Waals surface area (Å²) in [5, 5.41) is 9.40. The van der Waals surface area contributed by atoms with Crippen molar-refractivity contribution >= 4 is 17.0 Å². The zero-order valence-corrected chi connectivity index (χ0v) is 12.1. The molecular weight excluding hydrogens is 276 g/mol. The molecule has 1 aliphatic rings. The Hall–Kier alpha value is -1.20. The first-order chi connectivity index (χ1) is 9.56. The average molecular weight is 295 g/mol. The molecule has 1 N–H and O–H groups in total. The second kappa shape index (κ2) is 6.99. The number of carboxylic acids is 1. The Bertz CT molecular complexity index is 477. The van der Waals surface area contributed by atoms with Gasteiger partial charge >= 0.3 is 5.97 Å². The van der Waals surface area contributed by atoms with E-state index < -0.39 is 23.0 Å². The molecule has 1 aromatic rings. The summed E-state index contributed by atoms with van der Waals surface area (Å²) >= 11 is -2.11. The zero-order chi connectivity index (χ0) is 14.5. The first-order valence-corrected chi connectivity index (χ1v) is 8.18. The van der Waals surface area contributed by atoms with Crippen LogP contribution in [0, 0.1) is 5.92 Å². The van der Waals surface area contributed by atoms with Crippen molar-refractivity contribution < 1.29 is 18.7 Å². The van der Waals surface area contributed by atoms with Crippen molar-refractivity contribution in [1.82, 2.24) is 0 Å². The van der Waals surface area contributed by atoms with Gasteiger partial charge in [0.1, 0.15) is 0 Å². The van der Waals surface area contributed by atoms with Crippen molar-refractivity contribution in [1.29, 1.82) is 0 Å². The van der Waals surface area contributed by atoms with Crippen molar-refractivity contribution in [3.63, 3.8) is 0 Å². The van der Waals surface area contributed by atoms with Crippen LogP contribution in [0.4, 0.5) is 0 Å². The highest BCUT2D eigenvalue weighted by molar-refractivity contribution is 7.78. The largest absolute Gasteiger partial charge is 0.772 e. The van der Waals surface area contributed by atoms with Crippen molar-refractivity contribution in [2.24, 2.45) is 5.92 Å². The monoisotopic (exact) mass is 295 g/mol. The highest BCUT2D eigenvalue weighted by atomic mass is 32.2. The summed E-state index contributed by atoms with van der Waals surface area (Å²) < 4.78 is 21.3. The molecule has 0 radical (unpaired) electrons. The molecule has 2 unspecified atom stereocenters. The van der Waals surface area contributed by atoms with Crippen LogP contribution in [0.2, 0.25) is 0 Å². The van der Waals surface area contributed by atoms with Gasteiger partial charge in [-0.3, -0.25) is 9.00 Å². The number of aliphatic carboxylic acids is 1. The van der Waals surface area contributed by atoms with Gasteiger partial charge in [0.15, 0.2) is 0 Å². The Balaban J connectivity index is 2.08. The zero-order valence-electron chi connectivity index (χ0n) is 11.3. The van der Waals surface area contributed by atoms with Gasteiger partial charge in [-0.15, -0.1) is 0 Å². The molecule has 0 aliphatic heterocycles. The molecule has 1 aromatic carbocycles. The molecule has 110 valence electrons. The van der Waals surface area contributed by atoms with Gasteiger partial charge in [0.05, 0.1) is 5.92 Å². The minimum absolute atomic E-state index is 0.0271. The molecule has 0 spiro atoms. The highest BCUT2D eigenvalue weighted by Gasteiger charge is 2.26. The summed E-state index contributed by atoms with van der Waals surface area (Å²) in [4.78, 5) is 11.5. The van der Waals surface area contributed by atoms with E-state index in [1.54, 1.807) is 24.3 Å². The minimum Gasteiger partial charge on any atom is -0.772 e. The van der Waals surface area contributed by atoms with Gasteiger partial charge in [0, 0.05) is 5.75 Å². The second-order valence-corrected chi connectivity index (χ2v) is 6.36. The van der Waals surface area contributed by atoms with E-state index in [0.29, 0.717) is 17.9 Å². The van der Waals surface area contributed by atoms with Gasteiger partial charge in [-0.05, 0) is 23.5 Å². The van der Waals surface area contributed by atoms with Crippen molar-refractivity contribution in [2.45, 2.75) is 43.8 Å². The van der Waals surface area contributed by atoms with E-state index in [2.05, 4.69) is 0 Å². The summed E-state index contributed by atoms with van der Waals surface area (Å²) in [6.07, 6.45) is 5.33. The molecule has 5 heteroatoms. The third-order valence-electron chi connectivity index (χ3n) is 4.01. The van der Waals surface area contributed by atoms with E-state index in [9.17, 15) is 18.7 Å². The quantitative estimate of drug-likeness (QED) is 0.819. The van der Waals surface area contributed by atoms with E-state index in [0.717, 1.165) is 18.4 Å². The maximum absolute atomic E-state index is 11.5. The predicted molar refractivity (Wildman–Crippen MR) is 76.0 cm³/mol. The summed E-state index contributed by atoms with van der Waals surface area (Å²) in [7, 11) is 0. The van der Waals surface area contributed by atoms with Crippen LogP contribution in [-0.4, -0.2) is 19.8 Å². The lowest BCUT2D eigenvalue weighted by Crippen LogP contribution is -2.15. The summed E-state index contributed by atoms with van der Waals surface area (Å²) in [6, 6.07) is 6.90. The number of rotatable bonds is 6. The topological polar surface area (TPSA) is 77.4 Å². The van der Waals surface area contributed by atoms with Crippen LogP contribution in [-0.2, 0) is 21.6 Å². The maximum Gasteiger partial charge on any atom is 0.310 e. The number of carbonyl (C=O) groups is 1. The summed E-state index contributed by atoms with van der Waals surface area (Å²) in [5.74, 6) is -0.799. The molecule has 4 nitrogen and oxygen atoms in total. The van der Waals surface area contributed by atoms with Crippen LogP contribution in [0.3, 0.4) is 0 Å². The maximum atomic E-state index is 11.5. The minimum atomic E-state index is -2.11. The van der Waals surface area contributed by atoms with E-state index in [-0.39, 0.29) is 5.75 Å². The molecule has 0 heterocycles. The van der Waals surface area contributed by atoms with Gasteiger partial charge in [-0.1, -0.05) is 61.0 Å². The third kappa shape index (κ3) is 4.15. The Kier molecular flexibility index (Phi) is 5.31. The van der Waals surface area contributed by atoms with Crippen LogP contribution < -0.4 is 0 Å². The Morgan fingerprint density at radius 3 is 2.40 bits per heavy atom. The molecule has 0 aromatic heterocycles. The molecule has 1 fully saturated rings. The SMILES string of the molecule is O=C(O)C(CC1CCCC1)c1ccc(CS(=O)[O-])cc1. The second-order valence-electron chi connectivity index (χ2n) is 5.47. The van der Waals surface area contributed by atoms with E-state index >= 15 is 0 Å². The van der Waals surface area contributed by atoms with Crippen molar-refractivity contribution in [2.75, 3.05) is 0 Å². The third-order valence-corrected chi connectivity index (χ3v) is 4.58. The van der Waals surface area contributed by atoms with Crippen LogP contribution in [0.5, 0.6) is 0 Å². The Morgan fingerprint density at radius 1 is 1.30 bits per heavy atom. The molecule has 1 saturated carbocycles. The predicted octanol–water partition coefficient (Wildman–Crippen LogP) is 2.81. The lowest BCUT2D eigenvalue weighted by atomic mass is 9.88. The van der Waals surface area contributed by atoms with Gasteiger partial charge < -0.3 is 9.66 Å². The fourth-order valence-electron chi connectivity index (χ4n) is 2.94. The Labute approximate surface area is 121 Å². The first kappa shape index (κ1) is 15.2. The molecular formula is C15H19O4S-. The normalized spacial score (nSPS) is 18.9. The van der Waals surface area contributed by atoms with Crippen molar-refractivity contribution in [3.05, 3.63) is 35.4 Å². The molecule has 0 amide bonds. The number of hydrogen-bond donors (Lipinski definition) is 1. The van der Waals surface area contributed by atoms with Gasteiger partial charge in [-0.2, -0.15) is 0 Å².